The largest absolute Gasteiger partial charge is 0.325 e. The van der Waals surface area contributed by atoms with Crippen molar-refractivity contribution in [1.29, 1.82) is 0 Å². The molecule has 0 saturated heterocycles. The molecule has 0 aliphatic rings. The van der Waals surface area contributed by atoms with Crippen molar-refractivity contribution in [2.45, 2.75) is 59.0 Å². The lowest BCUT2D eigenvalue weighted by molar-refractivity contribution is -0.119. The summed E-state index contributed by atoms with van der Waals surface area (Å²) in [6.07, 6.45) is 1.74. The number of ketones is 1. The van der Waals surface area contributed by atoms with Crippen LogP contribution < -0.4 is 5.73 Å². The molecule has 96 valence electrons. The first-order valence-electron chi connectivity index (χ1n) is 6.22. The Morgan fingerprint density at radius 1 is 1.47 bits per heavy atom. The van der Waals surface area contributed by atoms with Crippen LogP contribution in [0.1, 0.15) is 45.5 Å². The van der Waals surface area contributed by atoms with Gasteiger partial charge in [0.25, 0.3) is 0 Å². The molecule has 0 amide bonds. The zero-order valence-electron chi connectivity index (χ0n) is 11.3. The molecule has 0 saturated carbocycles. The number of aryl methyl sites for hydroxylation is 2. The highest BCUT2D eigenvalue weighted by molar-refractivity contribution is 5.81. The van der Waals surface area contributed by atoms with Gasteiger partial charge in [-0.15, -0.1) is 0 Å². The lowest BCUT2D eigenvalue weighted by Gasteiger charge is -2.17. The molecule has 0 fully saturated rings. The Morgan fingerprint density at radius 3 is 2.59 bits per heavy atom. The molecule has 0 aliphatic heterocycles. The first-order chi connectivity index (χ1) is 7.85. The molecule has 0 bridgehead atoms. The van der Waals surface area contributed by atoms with E-state index in [0.29, 0.717) is 12.8 Å². The van der Waals surface area contributed by atoms with E-state index in [1.165, 1.54) is 0 Å². The van der Waals surface area contributed by atoms with Gasteiger partial charge >= 0.3 is 0 Å². The maximum atomic E-state index is 11.9. The Labute approximate surface area is 103 Å². The average Bonchev–Trinajstić information content (AvgIpc) is 2.57. The predicted molar refractivity (Wildman–Crippen MR) is 68.9 cm³/mol. The molecule has 1 aromatic rings. The second kappa shape index (κ2) is 5.45. The number of aromatic nitrogens is 2. The van der Waals surface area contributed by atoms with Gasteiger partial charge < -0.3 is 5.73 Å². The molecular weight excluding hydrogens is 214 g/mol. The minimum atomic E-state index is -0.429. The van der Waals surface area contributed by atoms with Gasteiger partial charge in [-0.1, -0.05) is 6.92 Å². The second-order valence-electron chi connectivity index (χ2n) is 5.18. The number of Topliss-reactive ketones (excluding diaryl/α,β-unsaturated/α-hetero) is 1. The summed E-state index contributed by atoms with van der Waals surface area (Å²) in [6.45, 7) is 8.65. The summed E-state index contributed by atoms with van der Waals surface area (Å²) < 4.78 is 1.90. The monoisotopic (exact) mass is 237 g/mol. The smallest absolute Gasteiger partial charge is 0.140 e. The summed E-state index contributed by atoms with van der Waals surface area (Å²) in [5.74, 6) is 0.176. The molecule has 4 heteroatoms. The van der Waals surface area contributed by atoms with E-state index in [2.05, 4.69) is 12.0 Å². The summed E-state index contributed by atoms with van der Waals surface area (Å²) in [6, 6.07) is 2.02. The number of nitrogens with two attached hydrogens (primary N) is 1. The van der Waals surface area contributed by atoms with Crippen LogP contribution >= 0.6 is 0 Å². The Kier molecular flexibility index (Phi) is 4.46. The van der Waals surface area contributed by atoms with Crippen LogP contribution in [-0.4, -0.2) is 21.1 Å². The normalized spacial score (nSPS) is 11.8. The number of hydrogen-bond donors (Lipinski definition) is 1. The lowest BCUT2D eigenvalue weighted by atomic mass is 9.97. The van der Waals surface area contributed by atoms with Crippen LogP contribution in [0.25, 0.3) is 0 Å². The highest BCUT2D eigenvalue weighted by atomic mass is 16.1. The summed E-state index contributed by atoms with van der Waals surface area (Å²) in [7, 11) is 0. The molecule has 2 N–H and O–H groups in total. The second-order valence-corrected chi connectivity index (χ2v) is 5.18. The number of carbonyl (C=O) groups is 1. The van der Waals surface area contributed by atoms with Gasteiger partial charge in [0, 0.05) is 30.6 Å². The Bertz CT molecular complexity index is 388. The first-order valence-corrected chi connectivity index (χ1v) is 6.22. The SMILES string of the molecule is CCc1cc(CC(=O)CC(C)(C)N)n(CC)n1. The third-order valence-electron chi connectivity index (χ3n) is 2.61. The van der Waals surface area contributed by atoms with Crippen LogP contribution in [0.3, 0.4) is 0 Å². The Balaban J connectivity index is 2.73. The number of carbonyl (C=O) groups excluding carboxylic acids is 1. The molecule has 0 atom stereocenters. The topological polar surface area (TPSA) is 60.9 Å². The van der Waals surface area contributed by atoms with E-state index in [0.717, 1.165) is 24.4 Å². The molecule has 1 rings (SSSR count). The van der Waals surface area contributed by atoms with Gasteiger partial charge in [-0.05, 0) is 33.3 Å². The molecule has 0 spiro atoms. The van der Waals surface area contributed by atoms with Crippen molar-refractivity contribution >= 4 is 5.78 Å². The van der Waals surface area contributed by atoms with Crippen molar-refractivity contribution in [2.75, 3.05) is 0 Å². The van der Waals surface area contributed by atoms with Gasteiger partial charge in [-0.25, -0.2) is 0 Å². The molecule has 4 nitrogen and oxygen atoms in total. The van der Waals surface area contributed by atoms with Crippen LogP contribution in [-0.2, 0) is 24.2 Å². The van der Waals surface area contributed by atoms with E-state index in [-0.39, 0.29) is 5.78 Å². The summed E-state index contributed by atoms with van der Waals surface area (Å²) in [5, 5.41) is 4.43. The molecule has 0 aromatic carbocycles. The molecule has 0 aliphatic carbocycles. The fourth-order valence-electron chi connectivity index (χ4n) is 1.88. The molecule has 0 radical (unpaired) electrons. The third kappa shape index (κ3) is 4.30. The standard InChI is InChI=1S/C13H23N3O/c1-5-10-7-11(16(6-2)15-10)8-12(17)9-13(3,4)14/h7H,5-6,8-9,14H2,1-4H3. The molecular formula is C13H23N3O. The first kappa shape index (κ1) is 13.9. The van der Waals surface area contributed by atoms with Gasteiger partial charge in [0.05, 0.1) is 5.69 Å². The zero-order valence-corrected chi connectivity index (χ0v) is 11.3. The van der Waals surface area contributed by atoms with Crippen molar-refractivity contribution in [3.63, 3.8) is 0 Å². The number of nitrogens with zero attached hydrogens (tertiary/aromatic N) is 2. The van der Waals surface area contributed by atoms with Gasteiger partial charge in [-0.3, -0.25) is 9.48 Å². The maximum absolute atomic E-state index is 11.9. The van der Waals surface area contributed by atoms with E-state index < -0.39 is 5.54 Å². The van der Waals surface area contributed by atoms with Crippen LogP contribution in [0.2, 0.25) is 0 Å². The van der Waals surface area contributed by atoms with Crippen LogP contribution in [0.15, 0.2) is 6.07 Å². The van der Waals surface area contributed by atoms with E-state index in [9.17, 15) is 4.79 Å². The number of rotatable bonds is 6. The fraction of sp³-hybridized carbons (Fsp3) is 0.692. The minimum absolute atomic E-state index is 0.176. The minimum Gasteiger partial charge on any atom is -0.325 e. The molecule has 1 heterocycles. The summed E-state index contributed by atoms with van der Waals surface area (Å²) in [5.41, 5.74) is 7.46. The van der Waals surface area contributed by atoms with Gasteiger partial charge in [0.2, 0.25) is 0 Å². The third-order valence-corrected chi connectivity index (χ3v) is 2.61. The summed E-state index contributed by atoms with van der Waals surface area (Å²) in [4.78, 5) is 11.9. The zero-order chi connectivity index (χ0) is 13.1. The Hall–Kier alpha value is -1.16. The highest BCUT2D eigenvalue weighted by Gasteiger charge is 2.18. The lowest BCUT2D eigenvalue weighted by Crippen LogP contribution is -2.35. The molecule has 17 heavy (non-hydrogen) atoms. The van der Waals surface area contributed by atoms with Crippen molar-refractivity contribution in [3.8, 4) is 0 Å². The molecule has 1 aromatic heterocycles. The van der Waals surface area contributed by atoms with Crippen molar-refractivity contribution in [3.05, 3.63) is 17.5 Å². The van der Waals surface area contributed by atoms with Crippen molar-refractivity contribution in [2.24, 2.45) is 5.73 Å². The number of hydrogen-bond acceptors (Lipinski definition) is 3. The van der Waals surface area contributed by atoms with Crippen LogP contribution in [0, 0.1) is 0 Å². The van der Waals surface area contributed by atoms with Crippen molar-refractivity contribution in [1.82, 2.24) is 9.78 Å². The van der Waals surface area contributed by atoms with Gasteiger partial charge in [-0.2, -0.15) is 5.10 Å². The van der Waals surface area contributed by atoms with Crippen molar-refractivity contribution < 1.29 is 4.79 Å². The fourth-order valence-corrected chi connectivity index (χ4v) is 1.88. The summed E-state index contributed by atoms with van der Waals surface area (Å²) >= 11 is 0. The van der Waals surface area contributed by atoms with E-state index in [1.54, 1.807) is 0 Å². The quantitative estimate of drug-likeness (QED) is 0.819. The Morgan fingerprint density at radius 2 is 2.12 bits per heavy atom. The van der Waals surface area contributed by atoms with Gasteiger partial charge in [0.15, 0.2) is 0 Å². The van der Waals surface area contributed by atoms with E-state index in [4.69, 9.17) is 5.73 Å². The van der Waals surface area contributed by atoms with E-state index >= 15 is 0 Å². The predicted octanol–water partition coefficient (Wildman–Crippen LogP) is 1.70. The van der Waals surface area contributed by atoms with Gasteiger partial charge in [0.1, 0.15) is 5.78 Å². The van der Waals surface area contributed by atoms with Crippen LogP contribution in [0.4, 0.5) is 0 Å². The average molecular weight is 237 g/mol. The maximum Gasteiger partial charge on any atom is 0.140 e. The highest BCUT2D eigenvalue weighted by Crippen LogP contribution is 2.11. The van der Waals surface area contributed by atoms with E-state index in [1.807, 2.05) is 31.5 Å². The molecule has 0 unspecified atom stereocenters. The van der Waals surface area contributed by atoms with Crippen LogP contribution in [0.5, 0.6) is 0 Å².